The summed E-state index contributed by atoms with van der Waals surface area (Å²) < 4.78 is 27.8. The van der Waals surface area contributed by atoms with Crippen molar-refractivity contribution in [1.82, 2.24) is 9.55 Å². The molecule has 0 saturated carbocycles. The maximum absolute atomic E-state index is 13.1. The van der Waals surface area contributed by atoms with E-state index in [1.54, 1.807) is 20.2 Å². The molecular weight excluding hydrogens is 572 g/mol. The molecule has 1 aromatic heterocycles. The average molecular weight is 613 g/mol. The van der Waals surface area contributed by atoms with Crippen molar-refractivity contribution in [1.29, 1.82) is 0 Å². The van der Waals surface area contributed by atoms with Crippen molar-refractivity contribution in [2.75, 3.05) is 13.7 Å². The van der Waals surface area contributed by atoms with Crippen molar-refractivity contribution in [3.8, 4) is 5.75 Å². The number of H-pyrrole nitrogens is 1. The van der Waals surface area contributed by atoms with E-state index >= 15 is 0 Å². The minimum atomic E-state index is -2.02. The maximum Gasteiger partial charge on any atom is 0.330 e. The minimum Gasteiger partial charge on any atom is -0.497 e. The molecule has 44 heavy (non-hydrogen) atoms. The zero-order chi connectivity index (χ0) is 30.9. The number of aromatic nitrogens is 2. The van der Waals surface area contributed by atoms with Gasteiger partial charge in [0.15, 0.2) is 14.5 Å². The second-order valence-electron chi connectivity index (χ2n) is 12.4. The number of nitrogens with zero attached hydrogens (tertiary/aromatic N) is 1. The summed E-state index contributed by atoms with van der Waals surface area (Å²) in [4.78, 5) is 27.7. The Hall–Kier alpha value is -3.76. The van der Waals surface area contributed by atoms with Gasteiger partial charge < -0.3 is 18.6 Å². The summed E-state index contributed by atoms with van der Waals surface area (Å²) in [5.41, 5.74) is 1.53. The van der Waals surface area contributed by atoms with Crippen molar-refractivity contribution >= 4 is 8.32 Å². The third-order valence-electron chi connectivity index (χ3n) is 9.01. The van der Waals surface area contributed by atoms with E-state index < -0.39 is 31.4 Å². The molecule has 3 heterocycles. The highest BCUT2D eigenvalue weighted by molar-refractivity contribution is 6.71. The molecule has 0 bridgehead atoms. The lowest BCUT2D eigenvalue weighted by molar-refractivity contribution is -0.0903. The lowest BCUT2D eigenvalue weighted by Crippen LogP contribution is -2.42. The third-order valence-corrected chi connectivity index (χ3v) is 11.5. The molecule has 0 amide bonds. The molecule has 1 N–H and O–H groups in total. The van der Waals surface area contributed by atoms with E-state index in [1.165, 1.54) is 4.57 Å². The second-order valence-corrected chi connectivity index (χ2v) is 16.6. The van der Waals surface area contributed by atoms with Gasteiger partial charge >= 0.3 is 5.69 Å². The summed E-state index contributed by atoms with van der Waals surface area (Å²) in [7, 11) is -0.361. The quantitative estimate of drug-likeness (QED) is 0.201. The Labute approximate surface area is 258 Å². The number of rotatable bonds is 8. The molecule has 0 radical (unpaired) electrons. The molecule has 230 valence electrons. The number of nitrogens with one attached hydrogen (secondary N) is 1. The third kappa shape index (κ3) is 5.72. The van der Waals surface area contributed by atoms with Crippen LogP contribution in [0.15, 0.2) is 101 Å². The fourth-order valence-electron chi connectivity index (χ4n) is 6.76. The first-order chi connectivity index (χ1) is 21.2. The number of benzene rings is 3. The first-order valence-electron chi connectivity index (χ1n) is 15.3. The van der Waals surface area contributed by atoms with Gasteiger partial charge in [-0.2, -0.15) is 0 Å². The summed E-state index contributed by atoms with van der Waals surface area (Å²) in [6.45, 7) is 6.39. The van der Waals surface area contributed by atoms with Gasteiger partial charge in [-0.05, 0) is 61.3 Å². The Bertz CT molecular complexity index is 1650. The molecule has 2 aliphatic heterocycles. The standard InChI is InChI=1S/C35H40N2O6Si/c1-24-22-37(34(39)36-32(24)38)33-31-29(16-11-21-44(3,4)43-31)30(42-33)23-41-35(25-12-7-5-8-13-25,26-14-9-6-10-15-26)27-17-19-28(40-2)20-18-27/h5-10,12-15,17-20,22,29-31,33H,11,16,21,23H2,1-4H3,(H,36,38,39)/t29-,30+,31-,33+/m0/s1. The summed E-state index contributed by atoms with van der Waals surface area (Å²) >= 11 is 0. The van der Waals surface area contributed by atoms with E-state index in [9.17, 15) is 9.59 Å². The monoisotopic (exact) mass is 612 g/mol. The first kappa shape index (κ1) is 30.3. The van der Waals surface area contributed by atoms with Crippen molar-refractivity contribution in [2.24, 2.45) is 5.92 Å². The van der Waals surface area contributed by atoms with E-state index in [-0.39, 0.29) is 24.7 Å². The van der Waals surface area contributed by atoms with Gasteiger partial charge in [0.05, 0.1) is 25.9 Å². The predicted molar refractivity (Wildman–Crippen MR) is 172 cm³/mol. The highest BCUT2D eigenvalue weighted by Gasteiger charge is 2.51. The molecule has 0 spiro atoms. The SMILES string of the molecule is COc1ccc(C(OC[C@H]2O[C@@H](n3cc(C)c(=O)[nH]c3=O)[C@H]3O[Si](C)(C)CCC[C@H]32)(c2ccccc2)c2ccccc2)cc1. The molecule has 9 heteroatoms. The van der Waals surface area contributed by atoms with Crippen molar-refractivity contribution in [3.63, 3.8) is 0 Å². The van der Waals surface area contributed by atoms with Crippen molar-refractivity contribution in [2.45, 2.75) is 62.9 Å². The predicted octanol–water partition coefficient (Wildman–Crippen LogP) is 5.76. The average Bonchev–Trinajstić information content (AvgIpc) is 3.26. The Balaban J connectivity index is 1.43. The van der Waals surface area contributed by atoms with Gasteiger partial charge in [-0.3, -0.25) is 14.3 Å². The molecule has 2 saturated heterocycles. The Morgan fingerprint density at radius 1 is 0.932 bits per heavy atom. The number of aryl methyl sites for hydroxylation is 1. The van der Waals surface area contributed by atoms with Crippen LogP contribution in [0.5, 0.6) is 5.75 Å². The molecule has 2 aliphatic rings. The van der Waals surface area contributed by atoms with E-state index in [4.69, 9.17) is 18.6 Å². The van der Waals surface area contributed by atoms with E-state index in [0.717, 1.165) is 41.3 Å². The van der Waals surface area contributed by atoms with Crippen LogP contribution in [-0.4, -0.2) is 43.8 Å². The fraction of sp³-hybridized carbons (Fsp3) is 0.371. The van der Waals surface area contributed by atoms with Crippen LogP contribution >= 0.6 is 0 Å². The van der Waals surface area contributed by atoms with Crippen molar-refractivity contribution in [3.05, 3.63) is 134 Å². The van der Waals surface area contributed by atoms with Gasteiger partial charge in [-0.25, -0.2) is 4.79 Å². The Morgan fingerprint density at radius 2 is 1.55 bits per heavy atom. The molecule has 0 aliphatic carbocycles. The van der Waals surface area contributed by atoms with Crippen LogP contribution in [0.25, 0.3) is 0 Å². The molecule has 6 rings (SSSR count). The van der Waals surface area contributed by atoms with E-state index in [0.29, 0.717) is 5.56 Å². The van der Waals surface area contributed by atoms with E-state index in [1.807, 2.05) is 60.7 Å². The Morgan fingerprint density at radius 3 is 2.16 bits per heavy atom. The molecule has 4 atom stereocenters. The normalized spacial score (nSPS) is 23.1. The maximum atomic E-state index is 13.1. The summed E-state index contributed by atoms with van der Waals surface area (Å²) in [6, 6.07) is 29.5. The number of aromatic amines is 1. The van der Waals surface area contributed by atoms with Crippen molar-refractivity contribution < 1.29 is 18.6 Å². The summed E-state index contributed by atoms with van der Waals surface area (Å²) in [5.74, 6) is 0.770. The van der Waals surface area contributed by atoms with E-state index in [2.05, 4.69) is 42.3 Å². The second kappa shape index (κ2) is 12.3. The van der Waals surface area contributed by atoms with Gasteiger partial charge in [0, 0.05) is 17.7 Å². The molecule has 2 fully saturated rings. The zero-order valence-corrected chi connectivity index (χ0v) is 26.7. The van der Waals surface area contributed by atoms with Crippen LogP contribution in [0.1, 0.15) is 41.3 Å². The number of hydrogen-bond donors (Lipinski definition) is 1. The van der Waals surface area contributed by atoms with Crippen LogP contribution in [0.2, 0.25) is 19.1 Å². The first-order valence-corrected chi connectivity index (χ1v) is 18.4. The Kier molecular flexibility index (Phi) is 8.48. The summed E-state index contributed by atoms with van der Waals surface area (Å²) in [6.07, 6.45) is 2.15. The molecule has 8 nitrogen and oxygen atoms in total. The smallest absolute Gasteiger partial charge is 0.330 e. The number of fused-ring (bicyclic) bond motifs is 1. The van der Waals surface area contributed by atoms with Gasteiger partial charge in [-0.15, -0.1) is 0 Å². The molecule has 4 aromatic rings. The fourth-order valence-corrected chi connectivity index (χ4v) is 8.96. The van der Waals surface area contributed by atoms with Gasteiger partial charge in [0.1, 0.15) is 11.4 Å². The van der Waals surface area contributed by atoms with Crippen LogP contribution in [0, 0.1) is 12.8 Å². The highest BCUT2D eigenvalue weighted by atomic mass is 28.4. The zero-order valence-electron chi connectivity index (χ0n) is 25.7. The molecule has 0 unspecified atom stereocenters. The lowest BCUT2D eigenvalue weighted by atomic mass is 9.80. The van der Waals surface area contributed by atoms with Crippen LogP contribution in [-0.2, 0) is 19.5 Å². The molecular formula is C35H40N2O6Si. The number of ether oxygens (including phenoxy) is 3. The van der Waals surface area contributed by atoms with Crippen LogP contribution in [0.3, 0.4) is 0 Å². The lowest BCUT2D eigenvalue weighted by Gasteiger charge is -2.37. The topological polar surface area (TPSA) is 91.8 Å². The largest absolute Gasteiger partial charge is 0.497 e. The molecule has 3 aromatic carbocycles. The van der Waals surface area contributed by atoms with Gasteiger partial charge in [0.2, 0.25) is 0 Å². The highest BCUT2D eigenvalue weighted by Crippen LogP contribution is 2.46. The van der Waals surface area contributed by atoms with Gasteiger partial charge in [0.25, 0.3) is 5.56 Å². The number of methoxy groups -OCH3 is 1. The van der Waals surface area contributed by atoms with Gasteiger partial charge in [-0.1, -0.05) is 79.2 Å². The van der Waals surface area contributed by atoms with Crippen LogP contribution in [0.4, 0.5) is 0 Å². The summed E-state index contributed by atoms with van der Waals surface area (Å²) in [5, 5.41) is 0. The minimum absolute atomic E-state index is 0.00789. The van der Waals surface area contributed by atoms with Crippen LogP contribution < -0.4 is 16.0 Å². The number of hydrogen-bond acceptors (Lipinski definition) is 6.